The molecule has 2 atom stereocenters. The highest BCUT2D eigenvalue weighted by molar-refractivity contribution is 8.15. The maximum atomic E-state index is 11.7. The van der Waals surface area contributed by atoms with E-state index in [0.29, 0.717) is 5.56 Å². The SMILES string of the molecule is C=CC(C)/C=C(\OO)OCc1cccc(C2SC(=O)NC2=O)c1. The van der Waals surface area contributed by atoms with Crippen molar-refractivity contribution in [3.8, 4) is 0 Å². The lowest BCUT2D eigenvalue weighted by molar-refractivity contribution is -0.246. The predicted octanol–water partition coefficient (Wildman–Crippen LogP) is 3.38. The first-order valence-corrected chi connectivity index (χ1v) is 7.80. The summed E-state index contributed by atoms with van der Waals surface area (Å²) in [5, 5.41) is 10.2. The Balaban J connectivity index is 2.05. The van der Waals surface area contributed by atoms with Crippen LogP contribution in [0.2, 0.25) is 0 Å². The van der Waals surface area contributed by atoms with Gasteiger partial charge in [-0.25, -0.2) is 0 Å². The van der Waals surface area contributed by atoms with Crippen LogP contribution in [0.5, 0.6) is 0 Å². The fourth-order valence-corrected chi connectivity index (χ4v) is 2.79. The highest BCUT2D eigenvalue weighted by atomic mass is 32.2. The van der Waals surface area contributed by atoms with Crippen molar-refractivity contribution in [2.45, 2.75) is 18.8 Å². The van der Waals surface area contributed by atoms with Crippen molar-refractivity contribution < 1.29 is 24.5 Å². The summed E-state index contributed by atoms with van der Waals surface area (Å²) in [4.78, 5) is 27.1. The minimum atomic E-state index is -0.549. The molecular formula is C16H17NO5S. The summed E-state index contributed by atoms with van der Waals surface area (Å²) >= 11 is 0.948. The molecule has 2 unspecified atom stereocenters. The number of carbonyl (C=O) groups excluding carboxylic acids is 2. The van der Waals surface area contributed by atoms with Gasteiger partial charge in [-0.1, -0.05) is 37.3 Å². The molecule has 1 fully saturated rings. The molecule has 7 heteroatoms. The third-order valence-electron chi connectivity index (χ3n) is 3.18. The summed E-state index contributed by atoms with van der Waals surface area (Å²) in [7, 11) is 0. The summed E-state index contributed by atoms with van der Waals surface area (Å²) in [6.45, 7) is 5.64. The van der Waals surface area contributed by atoms with Gasteiger partial charge in [-0.15, -0.1) is 6.58 Å². The van der Waals surface area contributed by atoms with E-state index in [1.54, 1.807) is 30.4 Å². The van der Waals surface area contributed by atoms with Gasteiger partial charge in [-0.2, -0.15) is 5.26 Å². The number of allylic oxidation sites excluding steroid dienone is 2. The van der Waals surface area contributed by atoms with E-state index >= 15 is 0 Å². The number of thioether (sulfide) groups is 1. The van der Waals surface area contributed by atoms with Gasteiger partial charge in [0.15, 0.2) is 0 Å². The van der Waals surface area contributed by atoms with Crippen LogP contribution >= 0.6 is 11.8 Å². The van der Waals surface area contributed by atoms with Crippen LogP contribution < -0.4 is 5.32 Å². The lowest BCUT2D eigenvalue weighted by atomic mass is 10.1. The molecule has 1 heterocycles. The number of nitrogens with one attached hydrogen (secondary N) is 1. The van der Waals surface area contributed by atoms with E-state index in [9.17, 15) is 9.59 Å². The standard InChI is InChI=1S/C16H17NO5S/c1-3-10(2)7-13(22-20)21-9-11-5-4-6-12(8-11)14-15(18)17-16(19)23-14/h3-8,10,14,20H,1,9H2,2H3,(H,17,18,19)/b13-7-. The highest BCUT2D eigenvalue weighted by Gasteiger charge is 2.32. The maximum Gasteiger partial charge on any atom is 0.313 e. The zero-order valence-corrected chi connectivity index (χ0v) is 13.3. The Morgan fingerprint density at radius 2 is 2.30 bits per heavy atom. The molecule has 1 aromatic rings. The molecule has 1 aliphatic heterocycles. The molecule has 1 saturated heterocycles. The zero-order chi connectivity index (χ0) is 16.8. The van der Waals surface area contributed by atoms with Crippen LogP contribution in [0.4, 0.5) is 4.79 Å². The highest BCUT2D eigenvalue weighted by Crippen LogP contribution is 2.34. The van der Waals surface area contributed by atoms with Crippen molar-refractivity contribution in [1.82, 2.24) is 5.32 Å². The third-order valence-corrected chi connectivity index (χ3v) is 4.22. The third kappa shape index (κ3) is 4.61. The molecule has 2 N–H and O–H groups in total. The molecular weight excluding hydrogens is 318 g/mol. The van der Waals surface area contributed by atoms with Crippen LogP contribution in [-0.2, 0) is 21.0 Å². The fourth-order valence-electron chi connectivity index (χ4n) is 1.96. The Morgan fingerprint density at radius 3 is 2.91 bits per heavy atom. The molecule has 2 amide bonds. The second kappa shape index (κ2) is 7.85. The smallest absolute Gasteiger partial charge is 0.313 e. The van der Waals surface area contributed by atoms with Crippen LogP contribution in [-0.4, -0.2) is 16.4 Å². The second-order valence-corrected chi connectivity index (χ2v) is 6.06. The van der Waals surface area contributed by atoms with E-state index in [2.05, 4.69) is 16.8 Å². The predicted molar refractivity (Wildman–Crippen MR) is 86.3 cm³/mol. The Morgan fingerprint density at radius 1 is 1.52 bits per heavy atom. The van der Waals surface area contributed by atoms with Gasteiger partial charge >= 0.3 is 5.95 Å². The van der Waals surface area contributed by atoms with Crippen LogP contribution in [0, 0.1) is 5.92 Å². The molecule has 0 saturated carbocycles. The molecule has 0 aromatic heterocycles. The van der Waals surface area contributed by atoms with E-state index < -0.39 is 5.25 Å². The van der Waals surface area contributed by atoms with Crippen molar-refractivity contribution in [3.05, 3.63) is 60.1 Å². The Labute approximate surface area is 138 Å². The number of hydrogen-bond acceptors (Lipinski definition) is 6. The molecule has 1 aliphatic rings. The van der Waals surface area contributed by atoms with Crippen LogP contribution in [0.15, 0.2) is 48.9 Å². The Bertz CT molecular complexity index is 643. The molecule has 1 aromatic carbocycles. The minimum Gasteiger partial charge on any atom is -0.459 e. The topological polar surface area (TPSA) is 84.9 Å². The molecule has 2 rings (SSSR count). The lowest BCUT2D eigenvalue weighted by Crippen LogP contribution is -2.20. The van der Waals surface area contributed by atoms with Crippen LogP contribution in [0.1, 0.15) is 23.3 Å². The fraction of sp³-hybridized carbons (Fsp3) is 0.250. The van der Waals surface area contributed by atoms with Gasteiger partial charge in [0, 0.05) is 6.08 Å². The lowest BCUT2D eigenvalue weighted by Gasteiger charge is -2.11. The Hall–Kier alpha value is -2.25. The number of carbonyl (C=O) groups is 2. The number of rotatable bonds is 7. The molecule has 0 bridgehead atoms. The van der Waals surface area contributed by atoms with Crippen LogP contribution in [0.25, 0.3) is 0 Å². The quantitative estimate of drug-likeness (QED) is 0.344. The minimum absolute atomic E-state index is 0.0203. The molecule has 0 spiro atoms. The number of ether oxygens (including phenoxy) is 1. The van der Waals surface area contributed by atoms with Crippen molar-refractivity contribution in [1.29, 1.82) is 0 Å². The largest absolute Gasteiger partial charge is 0.459 e. The van der Waals surface area contributed by atoms with Crippen LogP contribution in [0.3, 0.4) is 0 Å². The van der Waals surface area contributed by atoms with Gasteiger partial charge in [0.25, 0.3) is 5.24 Å². The number of benzene rings is 1. The monoisotopic (exact) mass is 335 g/mol. The number of hydrogen-bond donors (Lipinski definition) is 2. The van der Waals surface area contributed by atoms with Crippen molar-refractivity contribution >= 4 is 22.9 Å². The summed E-state index contributed by atoms with van der Waals surface area (Å²) in [5.41, 5.74) is 1.50. The summed E-state index contributed by atoms with van der Waals surface area (Å²) in [6.07, 6.45) is 3.26. The van der Waals surface area contributed by atoms with E-state index in [4.69, 9.17) is 9.99 Å². The molecule has 0 aliphatic carbocycles. The van der Waals surface area contributed by atoms with Crippen molar-refractivity contribution in [2.75, 3.05) is 0 Å². The van der Waals surface area contributed by atoms with Gasteiger partial charge < -0.3 is 9.62 Å². The van der Waals surface area contributed by atoms with Gasteiger partial charge in [-0.3, -0.25) is 14.9 Å². The van der Waals surface area contributed by atoms with Gasteiger partial charge in [0.1, 0.15) is 11.9 Å². The normalized spacial score (nSPS) is 19.2. The van der Waals surface area contributed by atoms with E-state index in [1.807, 2.05) is 13.0 Å². The summed E-state index contributed by atoms with van der Waals surface area (Å²) in [6, 6.07) is 7.15. The molecule has 0 radical (unpaired) electrons. The summed E-state index contributed by atoms with van der Waals surface area (Å²) < 4.78 is 5.38. The number of amides is 2. The van der Waals surface area contributed by atoms with Crippen molar-refractivity contribution in [3.63, 3.8) is 0 Å². The maximum absolute atomic E-state index is 11.7. The van der Waals surface area contributed by atoms with Crippen molar-refractivity contribution in [2.24, 2.45) is 5.92 Å². The summed E-state index contributed by atoms with van der Waals surface area (Å²) in [5.74, 6) is -0.365. The average Bonchev–Trinajstić information content (AvgIpc) is 2.89. The Kier molecular flexibility index (Phi) is 5.84. The van der Waals surface area contributed by atoms with Gasteiger partial charge in [-0.05, 0) is 28.8 Å². The molecule has 23 heavy (non-hydrogen) atoms. The van der Waals surface area contributed by atoms with E-state index in [0.717, 1.165) is 17.3 Å². The average molecular weight is 335 g/mol. The van der Waals surface area contributed by atoms with E-state index in [-0.39, 0.29) is 29.6 Å². The first-order valence-electron chi connectivity index (χ1n) is 6.92. The molecule has 122 valence electrons. The van der Waals surface area contributed by atoms with E-state index in [1.165, 1.54) is 0 Å². The number of imide groups is 1. The zero-order valence-electron chi connectivity index (χ0n) is 12.5. The van der Waals surface area contributed by atoms with Gasteiger partial charge in [0.2, 0.25) is 5.91 Å². The molecule has 6 nitrogen and oxygen atoms in total. The first kappa shape index (κ1) is 17.1. The van der Waals surface area contributed by atoms with Gasteiger partial charge in [0.05, 0.1) is 0 Å². The first-order chi connectivity index (χ1) is 11.0. The second-order valence-electron chi connectivity index (χ2n) is 4.98.